The molecule has 0 fully saturated rings. The van der Waals surface area contributed by atoms with Gasteiger partial charge in [0.15, 0.2) is 0 Å². The molecule has 1 aliphatic rings. The number of rotatable bonds is 3. The van der Waals surface area contributed by atoms with Crippen LogP contribution in [0.1, 0.15) is 24.5 Å². The number of nitrogens with zero attached hydrogens (tertiary/aromatic N) is 2. The highest BCUT2D eigenvalue weighted by atomic mass is 35.5. The van der Waals surface area contributed by atoms with E-state index >= 15 is 0 Å². The molecule has 0 N–H and O–H groups in total. The van der Waals surface area contributed by atoms with Gasteiger partial charge in [-0.1, -0.05) is 41.6 Å². The number of aryl methyl sites for hydroxylation is 1. The number of benzene rings is 1. The van der Waals surface area contributed by atoms with Crippen LogP contribution in [0.25, 0.3) is 0 Å². The summed E-state index contributed by atoms with van der Waals surface area (Å²) in [5.41, 5.74) is 1.11. The standard InChI is InChI=1S/C18H16ClF3N2OS/c1-11(26-16-14(19)9-13(10-23-16)18(20,21)22)17(25)24-8-4-6-12-5-2-3-7-15(12)24/h2-3,5,7,9-11H,4,6,8H2,1H3/t11-/m1/s1. The summed E-state index contributed by atoms with van der Waals surface area (Å²) in [6.45, 7) is 2.33. The number of fused-ring (bicyclic) bond motifs is 1. The van der Waals surface area contributed by atoms with E-state index in [9.17, 15) is 18.0 Å². The summed E-state index contributed by atoms with van der Waals surface area (Å²) in [4.78, 5) is 18.4. The Morgan fingerprint density at radius 1 is 1.35 bits per heavy atom. The van der Waals surface area contributed by atoms with E-state index in [1.54, 1.807) is 11.8 Å². The SMILES string of the molecule is C[C@@H](Sc1ncc(C(F)(F)F)cc1Cl)C(=O)N1CCCc2ccccc21. The summed E-state index contributed by atoms with van der Waals surface area (Å²) in [6.07, 6.45) is -1.96. The Morgan fingerprint density at radius 2 is 2.08 bits per heavy atom. The van der Waals surface area contributed by atoms with Crippen molar-refractivity contribution in [3.63, 3.8) is 0 Å². The number of aromatic nitrogens is 1. The first-order chi connectivity index (χ1) is 12.3. The van der Waals surface area contributed by atoms with Crippen molar-refractivity contribution in [2.75, 3.05) is 11.4 Å². The fraction of sp³-hybridized carbons (Fsp3) is 0.333. The van der Waals surface area contributed by atoms with Gasteiger partial charge in [0.2, 0.25) is 5.91 Å². The first-order valence-electron chi connectivity index (χ1n) is 8.06. The molecule has 3 nitrogen and oxygen atoms in total. The lowest BCUT2D eigenvalue weighted by Crippen LogP contribution is -2.40. The van der Waals surface area contributed by atoms with E-state index in [4.69, 9.17) is 11.6 Å². The number of carbonyl (C=O) groups excluding carboxylic acids is 1. The quantitative estimate of drug-likeness (QED) is 0.663. The average Bonchev–Trinajstić information content (AvgIpc) is 2.61. The van der Waals surface area contributed by atoms with Crippen LogP contribution in [0.15, 0.2) is 41.6 Å². The molecule has 2 aromatic rings. The van der Waals surface area contributed by atoms with E-state index in [2.05, 4.69) is 4.98 Å². The molecule has 8 heteroatoms. The number of alkyl halides is 3. The predicted octanol–water partition coefficient (Wildman–Crippen LogP) is 5.21. The van der Waals surface area contributed by atoms with Gasteiger partial charge in [0, 0.05) is 18.4 Å². The lowest BCUT2D eigenvalue weighted by molar-refractivity contribution is -0.137. The van der Waals surface area contributed by atoms with E-state index in [1.165, 1.54) is 0 Å². The van der Waals surface area contributed by atoms with Gasteiger partial charge in [-0.2, -0.15) is 13.2 Å². The number of halogens is 4. The van der Waals surface area contributed by atoms with Gasteiger partial charge in [-0.15, -0.1) is 0 Å². The second-order valence-corrected chi connectivity index (χ2v) is 7.73. The lowest BCUT2D eigenvalue weighted by atomic mass is 10.0. The average molecular weight is 401 g/mol. The number of amides is 1. The van der Waals surface area contributed by atoms with Gasteiger partial charge in [0.1, 0.15) is 5.03 Å². The Bertz CT molecular complexity index is 828. The molecule has 3 rings (SSSR count). The van der Waals surface area contributed by atoms with Crippen molar-refractivity contribution in [2.45, 2.75) is 36.2 Å². The summed E-state index contributed by atoms with van der Waals surface area (Å²) >= 11 is 7.01. The third-order valence-corrected chi connectivity index (χ3v) is 5.65. The monoisotopic (exact) mass is 400 g/mol. The molecule has 2 heterocycles. The molecular formula is C18H16ClF3N2OS. The first-order valence-corrected chi connectivity index (χ1v) is 9.32. The topological polar surface area (TPSA) is 33.2 Å². The molecule has 0 saturated carbocycles. The summed E-state index contributed by atoms with van der Waals surface area (Å²) < 4.78 is 38.1. The minimum absolute atomic E-state index is 0.108. The van der Waals surface area contributed by atoms with Crippen LogP contribution in [0.4, 0.5) is 18.9 Å². The van der Waals surface area contributed by atoms with Crippen LogP contribution in [0.2, 0.25) is 5.02 Å². The molecular weight excluding hydrogens is 385 g/mol. The number of hydrogen-bond donors (Lipinski definition) is 0. The molecule has 1 amide bonds. The number of carbonyl (C=O) groups is 1. The minimum atomic E-state index is -4.50. The normalized spacial score (nSPS) is 15.5. The van der Waals surface area contributed by atoms with E-state index < -0.39 is 17.0 Å². The fourth-order valence-electron chi connectivity index (χ4n) is 2.87. The number of anilines is 1. The van der Waals surface area contributed by atoms with Crippen molar-refractivity contribution >= 4 is 35.0 Å². The van der Waals surface area contributed by atoms with Gasteiger partial charge in [-0.05, 0) is 37.5 Å². The van der Waals surface area contributed by atoms with Gasteiger partial charge < -0.3 is 4.90 Å². The zero-order valence-electron chi connectivity index (χ0n) is 13.9. The van der Waals surface area contributed by atoms with Crippen LogP contribution >= 0.6 is 23.4 Å². The van der Waals surface area contributed by atoms with Crippen molar-refractivity contribution < 1.29 is 18.0 Å². The first kappa shape index (κ1) is 19.0. The second kappa shape index (κ2) is 7.48. The molecule has 1 atom stereocenters. The van der Waals surface area contributed by atoms with Crippen LogP contribution in [0.5, 0.6) is 0 Å². The van der Waals surface area contributed by atoms with Gasteiger partial charge in [-0.3, -0.25) is 4.79 Å². The third kappa shape index (κ3) is 3.99. The zero-order valence-corrected chi connectivity index (χ0v) is 15.5. The predicted molar refractivity (Wildman–Crippen MR) is 96.7 cm³/mol. The maximum atomic E-state index is 12.9. The molecule has 0 saturated heterocycles. The van der Waals surface area contributed by atoms with Crippen molar-refractivity contribution in [3.8, 4) is 0 Å². The molecule has 0 radical (unpaired) electrons. The highest BCUT2D eigenvalue weighted by molar-refractivity contribution is 8.00. The number of para-hydroxylation sites is 1. The van der Waals surface area contributed by atoms with Crippen LogP contribution in [0.3, 0.4) is 0 Å². The molecule has 0 spiro atoms. The van der Waals surface area contributed by atoms with Crippen LogP contribution in [-0.4, -0.2) is 22.7 Å². The van der Waals surface area contributed by atoms with E-state index in [0.29, 0.717) is 6.54 Å². The second-order valence-electron chi connectivity index (χ2n) is 5.99. The molecule has 26 heavy (non-hydrogen) atoms. The van der Waals surface area contributed by atoms with Gasteiger partial charge in [-0.25, -0.2) is 4.98 Å². The van der Waals surface area contributed by atoms with Crippen LogP contribution in [-0.2, 0) is 17.4 Å². The third-order valence-electron chi connectivity index (χ3n) is 4.15. The van der Waals surface area contributed by atoms with E-state index in [1.807, 2.05) is 24.3 Å². The molecule has 0 unspecified atom stereocenters. The summed E-state index contributed by atoms with van der Waals surface area (Å²) in [7, 11) is 0. The largest absolute Gasteiger partial charge is 0.417 e. The van der Waals surface area contributed by atoms with Gasteiger partial charge in [0.05, 0.1) is 15.8 Å². The van der Waals surface area contributed by atoms with E-state index in [0.717, 1.165) is 48.1 Å². The lowest BCUT2D eigenvalue weighted by Gasteiger charge is -2.31. The van der Waals surface area contributed by atoms with Crippen molar-refractivity contribution in [1.82, 2.24) is 4.98 Å². The summed E-state index contributed by atoms with van der Waals surface area (Å²) in [6, 6.07) is 8.58. The molecule has 138 valence electrons. The van der Waals surface area contributed by atoms with Crippen molar-refractivity contribution in [2.24, 2.45) is 0 Å². The highest BCUT2D eigenvalue weighted by Crippen LogP contribution is 2.36. The molecule has 1 aromatic heterocycles. The Balaban J connectivity index is 1.77. The number of hydrogen-bond acceptors (Lipinski definition) is 3. The Morgan fingerprint density at radius 3 is 2.77 bits per heavy atom. The van der Waals surface area contributed by atoms with E-state index in [-0.39, 0.29) is 16.0 Å². The van der Waals surface area contributed by atoms with Crippen molar-refractivity contribution in [1.29, 1.82) is 0 Å². The molecule has 0 bridgehead atoms. The molecule has 1 aromatic carbocycles. The molecule has 1 aliphatic heterocycles. The summed E-state index contributed by atoms with van der Waals surface area (Å²) in [5, 5.41) is -0.419. The zero-order chi connectivity index (χ0) is 18.9. The Kier molecular flexibility index (Phi) is 5.48. The van der Waals surface area contributed by atoms with Gasteiger partial charge in [0.25, 0.3) is 0 Å². The number of thioether (sulfide) groups is 1. The number of pyridine rings is 1. The molecule has 0 aliphatic carbocycles. The Hall–Kier alpha value is -1.73. The highest BCUT2D eigenvalue weighted by Gasteiger charge is 2.32. The maximum Gasteiger partial charge on any atom is 0.417 e. The summed E-state index contributed by atoms with van der Waals surface area (Å²) in [5.74, 6) is -0.111. The van der Waals surface area contributed by atoms with Crippen LogP contribution in [0, 0.1) is 0 Å². The van der Waals surface area contributed by atoms with Crippen molar-refractivity contribution in [3.05, 3.63) is 52.7 Å². The fourth-order valence-corrected chi connectivity index (χ4v) is 4.01. The smallest absolute Gasteiger partial charge is 0.311 e. The van der Waals surface area contributed by atoms with Crippen LogP contribution < -0.4 is 4.90 Å². The minimum Gasteiger partial charge on any atom is -0.311 e. The Labute approximate surface area is 158 Å². The van der Waals surface area contributed by atoms with Gasteiger partial charge >= 0.3 is 6.18 Å². The maximum absolute atomic E-state index is 12.9.